The second-order valence-corrected chi connectivity index (χ2v) is 15.4. The topological polar surface area (TPSA) is 49.6 Å². The Morgan fingerprint density at radius 1 is 0.411 bits per heavy atom. The zero-order valence-corrected chi connectivity index (χ0v) is 31.0. The molecule has 56 heavy (non-hydrogen) atoms. The van der Waals surface area contributed by atoms with Gasteiger partial charge in [0.15, 0.2) is 5.82 Å². The van der Waals surface area contributed by atoms with Gasteiger partial charge in [-0.15, -0.1) is 0 Å². The summed E-state index contributed by atoms with van der Waals surface area (Å²) in [5.74, 6) is 0.673. The van der Waals surface area contributed by atoms with Gasteiger partial charge in [0.05, 0.1) is 28.4 Å². The molecule has 1 spiro atoms. The van der Waals surface area contributed by atoms with Gasteiger partial charge in [0, 0.05) is 32.0 Å². The van der Waals surface area contributed by atoms with Crippen LogP contribution in [0.5, 0.6) is 0 Å². The Morgan fingerprint density at radius 2 is 0.946 bits per heavy atom. The molecule has 0 N–H and O–H groups in total. The Balaban J connectivity index is 1.23. The van der Waals surface area contributed by atoms with Gasteiger partial charge in [-0.05, 0) is 67.9 Å². The maximum absolute atomic E-state index is 10.3. The van der Waals surface area contributed by atoms with Crippen molar-refractivity contribution in [1.82, 2.24) is 9.97 Å². The fraction of sp³-hybridized carbons (Fsp3) is 0.0192. The van der Waals surface area contributed by atoms with E-state index in [2.05, 4.69) is 170 Å². The number of hydrogen-bond acceptors (Lipinski definition) is 4. The van der Waals surface area contributed by atoms with E-state index < -0.39 is 5.41 Å². The van der Waals surface area contributed by atoms with E-state index in [0.717, 1.165) is 49.0 Å². The molecule has 9 aromatic rings. The van der Waals surface area contributed by atoms with Gasteiger partial charge in [0.2, 0.25) is 0 Å². The van der Waals surface area contributed by atoms with Crippen LogP contribution in [0.2, 0.25) is 0 Å². The van der Waals surface area contributed by atoms with E-state index in [4.69, 9.17) is 9.97 Å². The maximum atomic E-state index is 10.3. The third kappa shape index (κ3) is 4.78. The van der Waals surface area contributed by atoms with Crippen LogP contribution in [0.15, 0.2) is 198 Å². The molecule has 0 atom stereocenters. The molecule has 260 valence electrons. The van der Waals surface area contributed by atoms with E-state index in [1.54, 1.807) is 11.8 Å². The van der Waals surface area contributed by atoms with E-state index >= 15 is 0 Å². The minimum Gasteiger partial charge on any atom is -0.228 e. The van der Waals surface area contributed by atoms with Crippen LogP contribution in [0.4, 0.5) is 0 Å². The smallest absolute Gasteiger partial charge is 0.161 e. The summed E-state index contributed by atoms with van der Waals surface area (Å²) in [7, 11) is 0. The van der Waals surface area contributed by atoms with Crippen molar-refractivity contribution in [3.63, 3.8) is 0 Å². The first-order chi connectivity index (χ1) is 27.7. The van der Waals surface area contributed by atoms with E-state index in [0.29, 0.717) is 11.4 Å². The molecule has 8 aromatic carbocycles. The lowest BCUT2D eigenvalue weighted by Crippen LogP contribution is -2.32. The molecule has 0 radical (unpaired) electrons. The molecule has 0 unspecified atom stereocenters. The number of nitrogens with zero attached hydrogens (tertiary/aromatic N) is 3. The average molecular weight is 730 g/mol. The molecule has 1 aromatic heterocycles. The maximum Gasteiger partial charge on any atom is 0.161 e. The van der Waals surface area contributed by atoms with Crippen LogP contribution >= 0.6 is 11.8 Å². The molecule has 0 saturated carbocycles. The SMILES string of the molecule is N#Cc1ccccc1-c1cccc2c1Sc1c(-c3nc(-c4ccccc4)cc(-c4ccc5ccccc5c4)n3)cccc1C21c2ccccc2-c2ccccc21. The lowest BCUT2D eigenvalue weighted by atomic mass is 9.66. The Labute approximate surface area is 329 Å². The largest absolute Gasteiger partial charge is 0.228 e. The van der Waals surface area contributed by atoms with Crippen molar-refractivity contribution in [2.24, 2.45) is 0 Å². The molecule has 1 aliphatic heterocycles. The summed E-state index contributed by atoms with van der Waals surface area (Å²) in [6.45, 7) is 0. The number of rotatable bonds is 4. The Hall–Kier alpha value is -7.06. The van der Waals surface area contributed by atoms with Gasteiger partial charge in [-0.25, -0.2) is 9.97 Å². The van der Waals surface area contributed by atoms with Gasteiger partial charge in [-0.3, -0.25) is 0 Å². The lowest BCUT2D eigenvalue weighted by molar-refractivity contribution is 0.723. The van der Waals surface area contributed by atoms with Crippen molar-refractivity contribution in [3.8, 4) is 62.2 Å². The monoisotopic (exact) mass is 729 g/mol. The van der Waals surface area contributed by atoms with E-state index in [1.165, 1.54) is 44.2 Å². The highest BCUT2D eigenvalue weighted by Crippen LogP contribution is 2.64. The van der Waals surface area contributed by atoms with Gasteiger partial charge >= 0.3 is 0 Å². The van der Waals surface area contributed by atoms with Crippen LogP contribution in [-0.2, 0) is 5.41 Å². The molecule has 0 amide bonds. The highest BCUT2D eigenvalue weighted by molar-refractivity contribution is 7.99. The minimum absolute atomic E-state index is 0.616. The molecule has 11 rings (SSSR count). The summed E-state index contributed by atoms with van der Waals surface area (Å²) >= 11 is 1.77. The van der Waals surface area contributed by atoms with Crippen molar-refractivity contribution < 1.29 is 0 Å². The molecular formula is C52H31N3S. The predicted molar refractivity (Wildman–Crippen MR) is 227 cm³/mol. The fourth-order valence-electron chi connectivity index (χ4n) is 8.97. The zero-order chi connectivity index (χ0) is 37.2. The summed E-state index contributed by atoms with van der Waals surface area (Å²) in [6.07, 6.45) is 0. The number of nitriles is 1. The standard InChI is InChI=1S/C52H31N3S/c53-32-37-18-6-7-19-38(37)41-22-12-26-45-49(41)56-50-42(23-13-27-46(50)52(45)43-24-10-8-20-39(43)40-21-9-11-25-44(40)52)51-54-47(34-15-2-1-3-16-34)31-48(55-51)36-29-28-33-14-4-5-17-35(33)30-36/h1-31H. The third-order valence-electron chi connectivity index (χ3n) is 11.4. The second kappa shape index (κ2) is 12.8. The first kappa shape index (κ1) is 32.4. The van der Waals surface area contributed by atoms with Crippen LogP contribution < -0.4 is 0 Å². The number of fused-ring (bicyclic) bond motifs is 10. The van der Waals surface area contributed by atoms with Crippen molar-refractivity contribution in [2.75, 3.05) is 0 Å². The van der Waals surface area contributed by atoms with Crippen molar-refractivity contribution >= 4 is 22.5 Å². The Bertz CT molecular complexity index is 3040. The van der Waals surface area contributed by atoms with E-state index in [9.17, 15) is 5.26 Å². The van der Waals surface area contributed by atoms with Crippen LogP contribution in [-0.4, -0.2) is 9.97 Å². The van der Waals surface area contributed by atoms with Gasteiger partial charge in [0.25, 0.3) is 0 Å². The Kier molecular flexibility index (Phi) is 7.38. The van der Waals surface area contributed by atoms with E-state index in [-0.39, 0.29) is 0 Å². The molecular weight excluding hydrogens is 699 g/mol. The molecule has 0 saturated heterocycles. The van der Waals surface area contributed by atoms with Gasteiger partial charge in [-0.1, -0.05) is 182 Å². The number of benzene rings is 8. The summed E-state index contributed by atoms with van der Waals surface area (Å²) < 4.78 is 0. The molecule has 0 fully saturated rings. The van der Waals surface area contributed by atoms with Crippen molar-refractivity contribution in [2.45, 2.75) is 15.2 Å². The molecule has 0 bridgehead atoms. The van der Waals surface area contributed by atoms with Crippen LogP contribution in [0.3, 0.4) is 0 Å². The molecule has 3 nitrogen and oxygen atoms in total. The van der Waals surface area contributed by atoms with Crippen molar-refractivity contribution in [1.29, 1.82) is 5.26 Å². The second-order valence-electron chi connectivity index (χ2n) is 14.4. The summed E-state index contributed by atoms with van der Waals surface area (Å²) in [6, 6.07) is 68.9. The molecule has 4 heteroatoms. The van der Waals surface area contributed by atoms with Crippen LogP contribution in [0.1, 0.15) is 27.8 Å². The molecule has 2 heterocycles. The number of aromatic nitrogens is 2. The first-order valence-corrected chi connectivity index (χ1v) is 19.6. The average Bonchev–Trinajstić information content (AvgIpc) is 3.56. The normalized spacial score (nSPS) is 13.1. The van der Waals surface area contributed by atoms with Gasteiger partial charge < -0.3 is 0 Å². The summed E-state index contributed by atoms with van der Waals surface area (Å²) in [5.41, 5.74) is 14.2. The predicted octanol–water partition coefficient (Wildman–Crippen LogP) is 13.0. The molecule has 2 aliphatic rings. The fourth-order valence-corrected chi connectivity index (χ4v) is 10.4. The van der Waals surface area contributed by atoms with E-state index in [1.807, 2.05) is 24.3 Å². The van der Waals surface area contributed by atoms with Crippen molar-refractivity contribution in [3.05, 3.63) is 216 Å². The molecule has 1 aliphatic carbocycles. The quantitative estimate of drug-likeness (QED) is 0.181. The third-order valence-corrected chi connectivity index (χ3v) is 12.7. The highest BCUT2D eigenvalue weighted by Gasteiger charge is 2.51. The summed E-state index contributed by atoms with van der Waals surface area (Å²) in [5, 5.41) is 12.7. The van der Waals surface area contributed by atoms with Crippen LogP contribution in [0, 0.1) is 11.3 Å². The lowest BCUT2D eigenvalue weighted by Gasteiger charge is -2.41. The zero-order valence-electron chi connectivity index (χ0n) is 30.1. The first-order valence-electron chi connectivity index (χ1n) is 18.8. The van der Waals surface area contributed by atoms with Crippen LogP contribution in [0.25, 0.3) is 66.9 Å². The highest BCUT2D eigenvalue weighted by atomic mass is 32.2. The number of hydrogen-bond donors (Lipinski definition) is 0. The summed E-state index contributed by atoms with van der Waals surface area (Å²) in [4.78, 5) is 13.0. The minimum atomic E-state index is -0.616. The van der Waals surface area contributed by atoms with Gasteiger partial charge in [-0.2, -0.15) is 5.26 Å². The van der Waals surface area contributed by atoms with Gasteiger partial charge in [0.1, 0.15) is 0 Å². The Morgan fingerprint density at radius 3 is 1.66 bits per heavy atom.